The number of nitrogens with one attached hydrogen (secondary N) is 2. The third-order valence-corrected chi connectivity index (χ3v) is 3.30. The highest BCUT2D eigenvalue weighted by Gasteiger charge is 2.04. The average Bonchev–Trinajstić information content (AvgIpc) is 2.79. The lowest BCUT2D eigenvalue weighted by Crippen LogP contribution is -2.04. The van der Waals surface area contributed by atoms with E-state index in [4.69, 9.17) is 4.74 Å². The molecule has 0 aliphatic carbocycles. The first-order valence-electron chi connectivity index (χ1n) is 6.95. The summed E-state index contributed by atoms with van der Waals surface area (Å²) < 4.78 is 5.66. The Balaban J connectivity index is 1.82. The second kappa shape index (κ2) is 5.57. The summed E-state index contributed by atoms with van der Waals surface area (Å²) in [5, 5.41) is 10.1. The number of H-pyrrole nitrogens is 2. The second-order valence-corrected chi connectivity index (χ2v) is 5.16. The van der Waals surface area contributed by atoms with Crippen molar-refractivity contribution in [1.82, 2.24) is 15.0 Å². The van der Waals surface area contributed by atoms with Gasteiger partial charge in [0, 0.05) is 5.39 Å². The van der Waals surface area contributed by atoms with E-state index in [1.54, 1.807) is 6.92 Å². The van der Waals surface area contributed by atoms with Gasteiger partial charge in [0.05, 0.1) is 23.7 Å². The summed E-state index contributed by atoms with van der Waals surface area (Å²) in [6, 6.07) is 7.49. The van der Waals surface area contributed by atoms with E-state index in [0.29, 0.717) is 17.8 Å². The molecule has 3 N–H and O–H groups in total. The molecule has 0 aliphatic rings. The fraction of sp³-hybridized carbons (Fsp3) is 0.333. The van der Waals surface area contributed by atoms with Gasteiger partial charge in [-0.15, -0.1) is 0 Å². The van der Waals surface area contributed by atoms with Crippen LogP contribution in [0.3, 0.4) is 0 Å². The molecule has 6 heteroatoms. The van der Waals surface area contributed by atoms with Gasteiger partial charge in [-0.25, -0.2) is 9.78 Å². The first kappa shape index (κ1) is 13.6. The fourth-order valence-corrected chi connectivity index (χ4v) is 2.26. The van der Waals surface area contributed by atoms with Crippen molar-refractivity contribution in [3.8, 4) is 5.75 Å². The van der Waals surface area contributed by atoms with Crippen LogP contribution >= 0.6 is 0 Å². The van der Waals surface area contributed by atoms with Crippen LogP contribution in [0, 0.1) is 0 Å². The molecule has 0 fully saturated rings. The van der Waals surface area contributed by atoms with Gasteiger partial charge in [-0.1, -0.05) is 0 Å². The van der Waals surface area contributed by atoms with Gasteiger partial charge in [0.2, 0.25) is 0 Å². The van der Waals surface area contributed by atoms with E-state index in [1.165, 1.54) is 0 Å². The predicted molar refractivity (Wildman–Crippen MR) is 80.6 cm³/mol. The van der Waals surface area contributed by atoms with Crippen molar-refractivity contribution in [2.75, 3.05) is 6.61 Å². The number of aliphatic hydroxyl groups excluding tert-OH is 1. The Morgan fingerprint density at radius 1 is 1.33 bits per heavy atom. The van der Waals surface area contributed by atoms with Crippen LogP contribution in [0.2, 0.25) is 0 Å². The zero-order valence-electron chi connectivity index (χ0n) is 11.7. The maximum Gasteiger partial charge on any atom is 0.325 e. The van der Waals surface area contributed by atoms with Crippen LogP contribution < -0.4 is 10.4 Å². The molecule has 0 bridgehead atoms. The SMILES string of the molecule is CC(O)CCCOc1ccc2nc3[nH]c(=O)[nH]c3cc2c1. The number of rotatable bonds is 5. The van der Waals surface area contributed by atoms with Gasteiger partial charge >= 0.3 is 5.69 Å². The molecular formula is C15H17N3O3. The summed E-state index contributed by atoms with van der Waals surface area (Å²) in [6.07, 6.45) is 1.23. The van der Waals surface area contributed by atoms with Crippen molar-refractivity contribution in [3.63, 3.8) is 0 Å². The molecule has 0 radical (unpaired) electrons. The molecule has 6 nitrogen and oxygen atoms in total. The lowest BCUT2D eigenvalue weighted by Gasteiger charge is -2.08. The normalized spacial score (nSPS) is 12.9. The lowest BCUT2D eigenvalue weighted by molar-refractivity contribution is 0.170. The van der Waals surface area contributed by atoms with Crippen LogP contribution in [0.5, 0.6) is 5.75 Å². The molecule has 0 saturated carbocycles. The molecule has 2 aromatic heterocycles. The number of hydrogen-bond acceptors (Lipinski definition) is 4. The highest BCUT2D eigenvalue weighted by molar-refractivity contribution is 5.89. The molecule has 1 unspecified atom stereocenters. The fourth-order valence-electron chi connectivity index (χ4n) is 2.26. The summed E-state index contributed by atoms with van der Waals surface area (Å²) in [6.45, 7) is 2.33. The highest BCUT2D eigenvalue weighted by atomic mass is 16.5. The summed E-state index contributed by atoms with van der Waals surface area (Å²) in [5.41, 5.74) is 1.77. The van der Waals surface area contributed by atoms with Crippen LogP contribution in [-0.2, 0) is 0 Å². The maximum atomic E-state index is 11.3. The van der Waals surface area contributed by atoms with Crippen LogP contribution in [0.4, 0.5) is 0 Å². The first-order valence-corrected chi connectivity index (χ1v) is 6.95. The molecule has 1 aromatic carbocycles. The topological polar surface area (TPSA) is 91.0 Å². The molecule has 3 rings (SSSR count). The quantitative estimate of drug-likeness (QED) is 0.625. The Labute approximate surface area is 120 Å². The predicted octanol–water partition coefficient (Wildman–Crippen LogP) is 1.94. The van der Waals surface area contributed by atoms with Crippen molar-refractivity contribution in [2.45, 2.75) is 25.9 Å². The largest absolute Gasteiger partial charge is 0.494 e. The van der Waals surface area contributed by atoms with Gasteiger partial charge in [0.1, 0.15) is 5.75 Å². The van der Waals surface area contributed by atoms with Crippen molar-refractivity contribution in [2.24, 2.45) is 0 Å². The molecule has 1 atom stereocenters. The van der Waals surface area contributed by atoms with E-state index in [9.17, 15) is 9.90 Å². The van der Waals surface area contributed by atoms with E-state index >= 15 is 0 Å². The Bertz CT molecular complexity index is 820. The molecule has 3 aromatic rings. The minimum atomic E-state index is -0.298. The van der Waals surface area contributed by atoms with Crippen molar-refractivity contribution < 1.29 is 9.84 Å². The van der Waals surface area contributed by atoms with E-state index in [0.717, 1.165) is 29.5 Å². The highest BCUT2D eigenvalue weighted by Crippen LogP contribution is 2.22. The monoisotopic (exact) mass is 287 g/mol. The second-order valence-electron chi connectivity index (χ2n) is 5.16. The zero-order chi connectivity index (χ0) is 14.8. The van der Waals surface area contributed by atoms with Crippen LogP contribution in [0.1, 0.15) is 19.8 Å². The molecule has 21 heavy (non-hydrogen) atoms. The number of benzene rings is 1. The number of pyridine rings is 1. The average molecular weight is 287 g/mol. The van der Waals surface area contributed by atoms with Gasteiger partial charge in [-0.05, 0) is 44.0 Å². The summed E-state index contributed by atoms with van der Waals surface area (Å²) in [5.74, 6) is 0.757. The minimum Gasteiger partial charge on any atom is -0.494 e. The van der Waals surface area contributed by atoms with Crippen molar-refractivity contribution in [3.05, 3.63) is 34.7 Å². The molecule has 2 heterocycles. The molecule has 0 saturated heterocycles. The summed E-state index contributed by atoms with van der Waals surface area (Å²) in [7, 11) is 0. The van der Waals surface area contributed by atoms with E-state index in [-0.39, 0.29) is 11.8 Å². The number of fused-ring (bicyclic) bond motifs is 2. The smallest absolute Gasteiger partial charge is 0.325 e. The number of imidazole rings is 1. The van der Waals surface area contributed by atoms with E-state index < -0.39 is 0 Å². The van der Waals surface area contributed by atoms with Gasteiger partial charge in [0.15, 0.2) is 5.65 Å². The van der Waals surface area contributed by atoms with Gasteiger partial charge in [-0.3, -0.25) is 4.98 Å². The van der Waals surface area contributed by atoms with E-state index in [2.05, 4.69) is 15.0 Å². The van der Waals surface area contributed by atoms with Gasteiger partial charge in [-0.2, -0.15) is 0 Å². The number of aliphatic hydroxyl groups is 1. The minimum absolute atomic E-state index is 0.262. The number of aromatic amines is 2. The molecular weight excluding hydrogens is 270 g/mol. The van der Waals surface area contributed by atoms with Crippen LogP contribution in [-0.4, -0.2) is 32.8 Å². The standard InChI is InChI=1S/C15H17N3O3/c1-9(19)3-2-6-21-11-4-5-12-10(7-11)8-13-14(16-12)18-15(20)17-13/h4-5,7-9,19H,2-3,6H2,1H3,(H2,16,17,18,20). The lowest BCUT2D eigenvalue weighted by atomic mass is 10.2. The molecule has 0 aliphatic heterocycles. The Hall–Kier alpha value is -2.34. The van der Waals surface area contributed by atoms with E-state index in [1.807, 2.05) is 24.3 Å². The van der Waals surface area contributed by atoms with Crippen LogP contribution in [0.15, 0.2) is 29.1 Å². The number of hydrogen-bond donors (Lipinski definition) is 3. The Kier molecular flexibility index (Phi) is 3.62. The number of aromatic nitrogens is 3. The summed E-state index contributed by atoms with van der Waals surface area (Å²) in [4.78, 5) is 21.0. The van der Waals surface area contributed by atoms with Crippen LogP contribution in [0.25, 0.3) is 22.1 Å². The van der Waals surface area contributed by atoms with Crippen molar-refractivity contribution >= 4 is 22.1 Å². The number of ether oxygens (including phenoxy) is 1. The molecule has 0 spiro atoms. The zero-order valence-corrected chi connectivity index (χ0v) is 11.7. The number of nitrogens with zero attached hydrogens (tertiary/aromatic N) is 1. The third-order valence-electron chi connectivity index (χ3n) is 3.30. The molecule has 0 amide bonds. The Morgan fingerprint density at radius 2 is 2.19 bits per heavy atom. The van der Waals surface area contributed by atoms with Gasteiger partial charge in [0.25, 0.3) is 0 Å². The maximum absolute atomic E-state index is 11.3. The van der Waals surface area contributed by atoms with Crippen molar-refractivity contribution in [1.29, 1.82) is 0 Å². The Morgan fingerprint density at radius 3 is 3.00 bits per heavy atom. The molecule has 110 valence electrons. The summed E-state index contributed by atoms with van der Waals surface area (Å²) >= 11 is 0. The first-order chi connectivity index (χ1) is 10.1. The van der Waals surface area contributed by atoms with Gasteiger partial charge < -0.3 is 14.8 Å². The third kappa shape index (κ3) is 3.05.